The zero-order valence-corrected chi connectivity index (χ0v) is 8.51. The molecule has 0 saturated carbocycles. The molecule has 1 aliphatic heterocycles. The number of hydrogen-bond donors (Lipinski definition) is 1. The molecule has 5 heteroatoms. The summed E-state index contributed by atoms with van der Waals surface area (Å²) in [5, 5.41) is 8.85. The van der Waals surface area contributed by atoms with Gasteiger partial charge in [0.25, 0.3) is 0 Å². The summed E-state index contributed by atoms with van der Waals surface area (Å²) >= 11 is 0. The van der Waals surface area contributed by atoms with Crippen LogP contribution in [-0.2, 0) is 9.59 Å². The quantitative estimate of drug-likeness (QED) is 0.700. The number of benzene rings is 1. The lowest BCUT2D eigenvalue weighted by atomic mass is 9.91. The van der Waals surface area contributed by atoms with Gasteiger partial charge in [0, 0.05) is 12.6 Å². The lowest BCUT2D eigenvalue weighted by molar-refractivity contribution is -0.144. The maximum Gasteiger partial charge on any atom is 0.324 e. The fraction of sp³-hybridized carbons (Fsp3) is 0.182. The van der Waals surface area contributed by atoms with E-state index in [9.17, 15) is 14.4 Å². The molecule has 1 aromatic rings. The first-order valence-electron chi connectivity index (χ1n) is 4.67. The van der Waals surface area contributed by atoms with Gasteiger partial charge in [-0.05, 0) is 12.1 Å². The molecule has 0 radical (unpaired) electrons. The topological polar surface area (TPSA) is 74.7 Å². The van der Waals surface area contributed by atoms with E-state index in [1.54, 1.807) is 18.2 Å². The number of carbonyl (C=O) groups excluding carboxylic acids is 2. The van der Waals surface area contributed by atoms with Crippen LogP contribution < -0.4 is 4.90 Å². The van der Waals surface area contributed by atoms with Crippen molar-refractivity contribution >= 4 is 23.3 Å². The van der Waals surface area contributed by atoms with Crippen molar-refractivity contribution in [2.75, 3.05) is 11.9 Å². The van der Waals surface area contributed by atoms with E-state index in [4.69, 9.17) is 5.11 Å². The highest BCUT2D eigenvalue weighted by molar-refractivity contribution is 6.29. The van der Waals surface area contributed by atoms with Crippen LogP contribution in [0.4, 0.5) is 5.69 Å². The zero-order chi connectivity index (χ0) is 11.9. The number of ketones is 1. The molecule has 0 saturated heterocycles. The van der Waals surface area contributed by atoms with Crippen LogP contribution in [0, 0.1) is 5.92 Å². The maximum atomic E-state index is 11.8. The van der Waals surface area contributed by atoms with Gasteiger partial charge >= 0.3 is 5.97 Å². The van der Waals surface area contributed by atoms with Gasteiger partial charge in [-0.1, -0.05) is 12.1 Å². The molecule has 1 heterocycles. The van der Waals surface area contributed by atoms with Gasteiger partial charge in [0.05, 0.1) is 5.69 Å². The van der Waals surface area contributed by atoms with Gasteiger partial charge in [-0.15, -0.1) is 0 Å². The van der Waals surface area contributed by atoms with E-state index < -0.39 is 23.6 Å². The van der Waals surface area contributed by atoms with E-state index in [1.165, 1.54) is 18.0 Å². The summed E-state index contributed by atoms with van der Waals surface area (Å²) < 4.78 is 0. The van der Waals surface area contributed by atoms with Gasteiger partial charge in [0.1, 0.15) is 0 Å². The largest absolute Gasteiger partial charge is 0.480 e. The van der Waals surface area contributed by atoms with Crippen molar-refractivity contribution in [1.29, 1.82) is 0 Å². The summed E-state index contributed by atoms with van der Waals surface area (Å²) in [6.07, 6.45) is 0. The first-order valence-corrected chi connectivity index (χ1v) is 4.67. The molecule has 1 amide bonds. The van der Waals surface area contributed by atoms with Gasteiger partial charge in [-0.3, -0.25) is 14.4 Å². The van der Waals surface area contributed by atoms with Gasteiger partial charge in [0.2, 0.25) is 5.91 Å². The molecule has 1 aromatic carbocycles. The normalized spacial score (nSPS) is 19.6. The van der Waals surface area contributed by atoms with Crippen molar-refractivity contribution in [2.45, 2.75) is 0 Å². The van der Waals surface area contributed by atoms with Gasteiger partial charge < -0.3 is 10.0 Å². The van der Waals surface area contributed by atoms with E-state index in [2.05, 4.69) is 0 Å². The molecule has 1 atom stereocenters. The Bertz CT molecular complexity index is 495. The van der Waals surface area contributed by atoms with Gasteiger partial charge in [-0.2, -0.15) is 0 Å². The van der Waals surface area contributed by atoms with Crippen LogP contribution in [0.2, 0.25) is 0 Å². The minimum absolute atomic E-state index is 0.275. The molecule has 1 N–H and O–H groups in total. The van der Waals surface area contributed by atoms with E-state index in [1.807, 2.05) is 0 Å². The third-order valence-corrected chi connectivity index (χ3v) is 2.62. The highest BCUT2D eigenvalue weighted by Crippen LogP contribution is 2.29. The van der Waals surface area contributed by atoms with Crippen molar-refractivity contribution < 1.29 is 19.5 Å². The summed E-state index contributed by atoms with van der Waals surface area (Å²) in [7, 11) is 1.46. The molecule has 1 aliphatic rings. The SMILES string of the molecule is CN1C(=O)[C@@H](C(=O)O)C(=O)c2ccccc21. The molecular weight excluding hydrogens is 210 g/mol. The standard InChI is InChI=1S/C11H9NO4/c1-12-7-5-3-2-4-6(7)9(13)8(10(12)14)11(15)16/h2-5,8H,1H3,(H,15,16)/t8-/m0/s1. The lowest BCUT2D eigenvalue weighted by Crippen LogP contribution is -2.46. The number of fused-ring (bicyclic) bond motifs is 1. The van der Waals surface area contributed by atoms with Crippen LogP contribution >= 0.6 is 0 Å². The smallest absolute Gasteiger partial charge is 0.324 e. The average molecular weight is 219 g/mol. The number of carboxylic acids is 1. The highest BCUT2D eigenvalue weighted by atomic mass is 16.4. The Balaban J connectivity index is 2.60. The Morgan fingerprint density at radius 1 is 1.31 bits per heavy atom. The first kappa shape index (κ1) is 10.4. The van der Waals surface area contributed by atoms with Crippen LogP contribution in [0.5, 0.6) is 0 Å². The highest BCUT2D eigenvalue weighted by Gasteiger charge is 2.42. The number of carbonyl (C=O) groups is 3. The molecule has 0 aliphatic carbocycles. The fourth-order valence-electron chi connectivity index (χ4n) is 1.77. The van der Waals surface area contributed by atoms with Crippen molar-refractivity contribution in [3.63, 3.8) is 0 Å². The summed E-state index contributed by atoms with van der Waals surface area (Å²) in [6, 6.07) is 6.47. The molecule has 0 spiro atoms. The lowest BCUT2D eigenvalue weighted by Gasteiger charge is -2.28. The first-order chi connectivity index (χ1) is 7.54. The molecule has 16 heavy (non-hydrogen) atoms. The third-order valence-electron chi connectivity index (χ3n) is 2.62. The molecule has 0 unspecified atom stereocenters. The predicted molar refractivity (Wildman–Crippen MR) is 55.3 cm³/mol. The minimum Gasteiger partial charge on any atom is -0.480 e. The summed E-state index contributed by atoms with van der Waals surface area (Å²) in [4.78, 5) is 35.5. The third kappa shape index (κ3) is 1.29. The molecule has 2 rings (SSSR count). The molecule has 5 nitrogen and oxygen atoms in total. The number of para-hydroxylation sites is 1. The summed E-state index contributed by atoms with van der Waals surface area (Å²) in [5.74, 6) is -4.36. The average Bonchev–Trinajstić information content (AvgIpc) is 2.26. The van der Waals surface area contributed by atoms with Crippen molar-refractivity contribution in [1.82, 2.24) is 0 Å². The van der Waals surface area contributed by atoms with Crippen molar-refractivity contribution in [3.8, 4) is 0 Å². The van der Waals surface area contributed by atoms with Crippen LogP contribution in [0.3, 0.4) is 0 Å². The van der Waals surface area contributed by atoms with Crippen LogP contribution in [0.15, 0.2) is 24.3 Å². The van der Waals surface area contributed by atoms with Crippen molar-refractivity contribution in [3.05, 3.63) is 29.8 Å². The molecular formula is C11H9NO4. The monoisotopic (exact) mass is 219 g/mol. The molecule has 0 aromatic heterocycles. The van der Waals surface area contributed by atoms with E-state index in [-0.39, 0.29) is 5.56 Å². The Labute approximate surface area is 91.3 Å². The number of carboxylic acid groups (broad SMARTS) is 1. The Morgan fingerprint density at radius 2 is 1.94 bits per heavy atom. The van der Waals surface area contributed by atoms with Gasteiger partial charge in [0.15, 0.2) is 11.7 Å². The number of anilines is 1. The Morgan fingerprint density at radius 3 is 2.56 bits per heavy atom. The minimum atomic E-state index is -1.61. The second-order valence-electron chi connectivity index (χ2n) is 3.55. The Hall–Kier alpha value is -2.17. The maximum absolute atomic E-state index is 11.8. The number of Topliss-reactive ketones (excluding diaryl/α,β-unsaturated/α-hetero) is 1. The zero-order valence-electron chi connectivity index (χ0n) is 8.51. The Kier molecular flexibility index (Phi) is 2.23. The summed E-state index contributed by atoms with van der Waals surface area (Å²) in [6.45, 7) is 0. The van der Waals surface area contributed by atoms with Crippen LogP contribution in [0.1, 0.15) is 10.4 Å². The second kappa shape index (κ2) is 3.44. The van der Waals surface area contributed by atoms with E-state index in [0.29, 0.717) is 5.69 Å². The number of aliphatic carboxylic acids is 1. The second-order valence-corrected chi connectivity index (χ2v) is 3.55. The van der Waals surface area contributed by atoms with E-state index >= 15 is 0 Å². The van der Waals surface area contributed by atoms with Crippen LogP contribution in [0.25, 0.3) is 0 Å². The molecule has 82 valence electrons. The van der Waals surface area contributed by atoms with Crippen molar-refractivity contribution in [2.24, 2.45) is 5.92 Å². The number of rotatable bonds is 1. The number of hydrogen-bond acceptors (Lipinski definition) is 3. The summed E-state index contributed by atoms with van der Waals surface area (Å²) in [5.41, 5.74) is 0.729. The predicted octanol–water partition coefficient (Wildman–Crippen LogP) is 0.546. The van der Waals surface area contributed by atoms with E-state index in [0.717, 1.165) is 0 Å². The van der Waals surface area contributed by atoms with Gasteiger partial charge in [-0.25, -0.2) is 0 Å². The van der Waals surface area contributed by atoms with Crippen LogP contribution in [-0.4, -0.2) is 29.8 Å². The number of amides is 1. The molecule has 0 fully saturated rings. The fourth-order valence-corrected chi connectivity index (χ4v) is 1.77. The number of nitrogens with zero attached hydrogens (tertiary/aromatic N) is 1. The molecule has 0 bridgehead atoms.